The van der Waals surface area contributed by atoms with Crippen LogP contribution in [0.15, 0.2) is 23.6 Å². The van der Waals surface area contributed by atoms with Crippen LogP contribution in [-0.4, -0.2) is 14.2 Å². The van der Waals surface area contributed by atoms with Crippen molar-refractivity contribution in [3.05, 3.63) is 44.6 Å². The smallest absolute Gasteiger partial charge is 0.127 e. The first-order chi connectivity index (χ1) is 9.10. The molecule has 1 aromatic heterocycles. The van der Waals surface area contributed by atoms with E-state index in [-0.39, 0.29) is 6.04 Å². The van der Waals surface area contributed by atoms with Crippen LogP contribution >= 0.6 is 22.9 Å². The molecule has 2 rings (SSSR count). The molecule has 0 bridgehead atoms. The molecule has 5 heteroatoms. The lowest BCUT2D eigenvalue weighted by Gasteiger charge is -2.18. The third kappa shape index (κ3) is 2.56. The molecular weight excluding hydrogens is 282 g/mol. The molecule has 0 fully saturated rings. The molecule has 0 amide bonds. The molecule has 0 aliphatic carbocycles. The Kier molecular flexibility index (Phi) is 4.34. The van der Waals surface area contributed by atoms with Gasteiger partial charge in [-0.05, 0) is 30.0 Å². The van der Waals surface area contributed by atoms with Crippen molar-refractivity contribution in [3.63, 3.8) is 0 Å². The molecule has 0 radical (unpaired) electrons. The number of nitrogens with two attached hydrogens (primary N) is 1. The van der Waals surface area contributed by atoms with Crippen molar-refractivity contribution in [2.24, 2.45) is 5.73 Å². The molecule has 0 saturated heterocycles. The van der Waals surface area contributed by atoms with E-state index in [1.54, 1.807) is 25.6 Å². The molecule has 0 saturated carbocycles. The summed E-state index contributed by atoms with van der Waals surface area (Å²) in [5.74, 6) is 1.41. The molecular formula is C14H16ClNO2S. The summed E-state index contributed by atoms with van der Waals surface area (Å²) in [5.41, 5.74) is 8.20. The van der Waals surface area contributed by atoms with Crippen LogP contribution in [0.5, 0.6) is 11.5 Å². The lowest BCUT2D eigenvalue weighted by molar-refractivity contribution is 0.382. The maximum Gasteiger partial charge on any atom is 0.127 e. The predicted octanol–water partition coefficient (Wildman–Crippen LogP) is 3.78. The molecule has 19 heavy (non-hydrogen) atoms. The Labute approximate surface area is 121 Å². The monoisotopic (exact) mass is 297 g/mol. The third-order valence-electron chi connectivity index (χ3n) is 2.98. The van der Waals surface area contributed by atoms with E-state index in [9.17, 15) is 0 Å². The summed E-state index contributed by atoms with van der Waals surface area (Å²) in [6.45, 7) is 1.97. The second-order valence-corrected chi connectivity index (χ2v) is 5.44. The quantitative estimate of drug-likeness (QED) is 0.934. The number of aryl methyl sites for hydroxylation is 1. The minimum atomic E-state index is -0.364. The lowest BCUT2D eigenvalue weighted by atomic mass is 10.0. The van der Waals surface area contributed by atoms with E-state index >= 15 is 0 Å². The van der Waals surface area contributed by atoms with Crippen LogP contribution in [0.3, 0.4) is 0 Å². The minimum Gasteiger partial charge on any atom is -0.496 e. The van der Waals surface area contributed by atoms with Gasteiger partial charge in [0.15, 0.2) is 0 Å². The second kappa shape index (κ2) is 5.82. The summed E-state index contributed by atoms with van der Waals surface area (Å²) in [5, 5.41) is 2.71. The molecule has 0 spiro atoms. The summed E-state index contributed by atoms with van der Waals surface area (Å²) < 4.78 is 10.8. The fourth-order valence-electron chi connectivity index (χ4n) is 1.98. The average Bonchev–Trinajstić information content (AvgIpc) is 2.77. The van der Waals surface area contributed by atoms with Crippen molar-refractivity contribution < 1.29 is 9.47 Å². The normalized spacial score (nSPS) is 12.3. The van der Waals surface area contributed by atoms with Crippen LogP contribution in [0.25, 0.3) is 0 Å². The van der Waals surface area contributed by atoms with E-state index in [1.165, 1.54) is 0 Å². The molecule has 102 valence electrons. The van der Waals surface area contributed by atoms with Gasteiger partial charge in [-0.15, -0.1) is 11.3 Å². The van der Waals surface area contributed by atoms with Gasteiger partial charge in [0, 0.05) is 4.88 Å². The zero-order valence-corrected chi connectivity index (χ0v) is 12.6. The maximum atomic E-state index is 6.35. The summed E-state index contributed by atoms with van der Waals surface area (Å²) in [6.07, 6.45) is 0. The highest BCUT2D eigenvalue weighted by atomic mass is 35.5. The second-order valence-electron chi connectivity index (χ2n) is 4.15. The minimum absolute atomic E-state index is 0.364. The molecule has 0 aliphatic rings. The van der Waals surface area contributed by atoms with Crippen LogP contribution in [0.2, 0.25) is 5.02 Å². The van der Waals surface area contributed by atoms with Crippen molar-refractivity contribution in [1.82, 2.24) is 0 Å². The largest absolute Gasteiger partial charge is 0.496 e. The Morgan fingerprint density at radius 2 is 1.79 bits per heavy atom. The SMILES string of the molecule is COc1cccc(OC)c1C(N)c1scc(C)c1Cl. The first-order valence-corrected chi connectivity index (χ1v) is 7.05. The van der Waals surface area contributed by atoms with Gasteiger partial charge in [-0.1, -0.05) is 17.7 Å². The summed E-state index contributed by atoms with van der Waals surface area (Å²) in [6, 6.07) is 5.24. The zero-order valence-electron chi connectivity index (χ0n) is 11.1. The number of hydrogen-bond donors (Lipinski definition) is 1. The highest BCUT2D eigenvalue weighted by molar-refractivity contribution is 7.10. The van der Waals surface area contributed by atoms with E-state index < -0.39 is 0 Å². The van der Waals surface area contributed by atoms with Crippen LogP contribution in [0.4, 0.5) is 0 Å². The molecule has 3 nitrogen and oxygen atoms in total. The highest BCUT2D eigenvalue weighted by Crippen LogP contribution is 2.41. The standard InChI is InChI=1S/C14H16ClNO2S/c1-8-7-19-14(12(8)15)13(16)11-9(17-2)5-4-6-10(11)18-3/h4-7,13H,16H2,1-3H3. The van der Waals surface area contributed by atoms with E-state index in [1.807, 2.05) is 30.5 Å². The van der Waals surface area contributed by atoms with E-state index in [0.29, 0.717) is 16.5 Å². The number of hydrogen-bond acceptors (Lipinski definition) is 4. The Morgan fingerprint density at radius 3 is 2.21 bits per heavy atom. The van der Waals surface area contributed by atoms with Gasteiger partial charge in [0.2, 0.25) is 0 Å². The maximum absolute atomic E-state index is 6.35. The van der Waals surface area contributed by atoms with Crippen LogP contribution in [0.1, 0.15) is 22.0 Å². The van der Waals surface area contributed by atoms with Crippen molar-refractivity contribution in [1.29, 1.82) is 0 Å². The topological polar surface area (TPSA) is 44.5 Å². The molecule has 1 heterocycles. The summed E-state index contributed by atoms with van der Waals surface area (Å²) in [7, 11) is 3.23. The average molecular weight is 298 g/mol. The summed E-state index contributed by atoms with van der Waals surface area (Å²) in [4.78, 5) is 0.918. The fourth-order valence-corrected chi connectivity index (χ4v) is 3.30. The number of benzene rings is 1. The number of ether oxygens (including phenoxy) is 2. The third-order valence-corrected chi connectivity index (χ3v) is 4.78. The highest BCUT2D eigenvalue weighted by Gasteiger charge is 2.23. The van der Waals surface area contributed by atoms with Gasteiger partial charge in [-0.3, -0.25) is 0 Å². The lowest BCUT2D eigenvalue weighted by Crippen LogP contribution is -2.13. The van der Waals surface area contributed by atoms with Gasteiger partial charge < -0.3 is 15.2 Å². The molecule has 2 aromatic rings. The number of methoxy groups -OCH3 is 2. The molecule has 1 atom stereocenters. The Morgan fingerprint density at radius 1 is 1.21 bits per heavy atom. The first kappa shape index (κ1) is 14.2. The number of thiophene rings is 1. The van der Waals surface area contributed by atoms with Gasteiger partial charge in [0.05, 0.1) is 30.8 Å². The van der Waals surface area contributed by atoms with Gasteiger partial charge in [0.25, 0.3) is 0 Å². The van der Waals surface area contributed by atoms with E-state index in [4.69, 9.17) is 26.8 Å². The van der Waals surface area contributed by atoms with Gasteiger partial charge >= 0.3 is 0 Å². The van der Waals surface area contributed by atoms with E-state index in [2.05, 4.69) is 0 Å². The molecule has 2 N–H and O–H groups in total. The fraction of sp³-hybridized carbons (Fsp3) is 0.286. The Hall–Kier alpha value is -1.23. The zero-order chi connectivity index (χ0) is 14.0. The van der Waals surface area contributed by atoms with Gasteiger partial charge in [0.1, 0.15) is 11.5 Å². The Balaban J connectivity index is 2.54. The first-order valence-electron chi connectivity index (χ1n) is 5.80. The van der Waals surface area contributed by atoms with Crippen molar-refractivity contribution >= 4 is 22.9 Å². The molecule has 0 aliphatic heterocycles. The van der Waals surface area contributed by atoms with Crippen molar-refractivity contribution in [2.75, 3.05) is 14.2 Å². The molecule has 1 aromatic carbocycles. The predicted molar refractivity (Wildman–Crippen MR) is 79.6 cm³/mol. The van der Waals surface area contributed by atoms with Crippen molar-refractivity contribution in [2.45, 2.75) is 13.0 Å². The van der Waals surface area contributed by atoms with Gasteiger partial charge in [-0.25, -0.2) is 0 Å². The Bertz CT molecular complexity index is 561. The summed E-state index contributed by atoms with van der Waals surface area (Å²) >= 11 is 7.84. The van der Waals surface area contributed by atoms with Crippen molar-refractivity contribution in [3.8, 4) is 11.5 Å². The van der Waals surface area contributed by atoms with Crippen LogP contribution < -0.4 is 15.2 Å². The number of halogens is 1. The van der Waals surface area contributed by atoms with Crippen LogP contribution in [-0.2, 0) is 0 Å². The number of rotatable bonds is 4. The van der Waals surface area contributed by atoms with Gasteiger partial charge in [-0.2, -0.15) is 0 Å². The van der Waals surface area contributed by atoms with E-state index in [0.717, 1.165) is 16.0 Å². The van der Waals surface area contributed by atoms with Crippen LogP contribution in [0, 0.1) is 6.92 Å². The molecule has 1 unspecified atom stereocenters.